The summed E-state index contributed by atoms with van der Waals surface area (Å²) in [4.78, 5) is 4.93. The highest BCUT2D eigenvalue weighted by Crippen LogP contribution is 2.61. The second-order valence-electron chi connectivity index (χ2n) is 21.0. The van der Waals surface area contributed by atoms with Crippen LogP contribution in [0.3, 0.4) is 0 Å². The number of benzene rings is 11. The molecule has 0 saturated carbocycles. The monoisotopic (exact) mass is 948 g/mol. The molecule has 0 saturated heterocycles. The number of fused-ring (bicyclic) bond motifs is 4. The normalized spacial score (nSPS) is 13.6. The Labute approximate surface area is 436 Å². The molecule has 0 unspecified atom stereocenters. The van der Waals surface area contributed by atoms with Crippen molar-refractivity contribution in [1.29, 1.82) is 0 Å². The lowest BCUT2D eigenvalue weighted by Gasteiger charge is -2.50. The van der Waals surface area contributed by atoms with Crippen LogP contribution >= 0.6 is 0 Å². The Morgan fingerprint density at radius 3 is 0.811 bits per heavy atom. The molecule has 0 radical (unpaired) electrons. The number of hydrogen-bond acceptors (Lipinski definition) is 2. The number of rotatable bonds is 9. The first kappa shape index (κ1) is 44.9. The van der Waals surface area contributed by atoms with Gasteiger partial charge in [-0.25, -0.2) is 0 Å². The van der Waals surface area contributed by atoms with E-state index in [4.69, 9.17) is 0 Å². The molecular weight excluding hydrogens is 893 g/mol. The molecule has 0 amide bonds. The van der Waals surface area contributed by atoms with Crippen LogP contribution in [0, 0.1) is 0 Å². The van der Waals surface area contributed by atoms with Crippen molar-refractivity contribution in [3.63, 3.8) is 0 Å². The Balaban J connectivity index is 0.872. The Morgan fingerprint density at radius 2 is 0.486 bits per heavy atom. The molecule has 2 aliphatic heterocycles. The molecule has 0 aliphatic carbocycles. The summed E-state index contributed by atoms with van der Waals surface area (Å²) in [6, 6.07) is 98.1. The minimum atomic E-state index is -0.280. The summed E-state index contributed by atoms with van der Waals surface area (Å²) in [6.07, 6.45) is 0. The lowest BCUT2D eigenvalue weighted by Crippen LogP contribution is -2.38. The van der Waals surface area contributed by atoms with Crippen molar-refractivity contribution < 1.29 is 0 Å². The number of anilines is 6. The molecular formula is C72H56N2. The third-order valence-electron chi connectivity index (χ3n) is 15.9. The molecule has 2 heteroatoms. The van der Waals surface area contributed by atoms with Gasteiger partial charge in [0.2, 0.25) is 0 Å². The molecule has 0 bridgehead atoms. The molecule has 0 atom stereocenters. The zero-order valence-electron chi connectivity index (χ0n) is 42.3. The first-order chi connectivity index (χ1) is 36.2. The van der Waals surface area contributed by atoms with Crippen molar-refractivity contribution in [3.8, 4) is 66.8 Å². The minimum absolute atomic E-state index is 0.280. The molecule has 354 valence electrons. The Kier molecular flexibility index (Phi) is 10.9. The van der Waals surface area contributed by atoms with Crippen LogP contribution in [0.5, 0.6) is 0 Å². The second kappa shape index (κ2) is 17.9. The molecule has 0 aromatic heterocycles. The van der Waals surface area contributed by atoms with Crippen LogP contribution in [0.1, 0.15) is 49.9 Å². The summed E-state index contributed by atoms with van der Waals surface area (Å²) in [6.45, 7) is 9.69. The largest absolute Gasteiger partial charge is 0.311 e. The van der Waals surface area contributed by atoms with Gasteiger partial charge in [-0.1, -0.05) is 222 Å². The smallest absolute Gasteiger partial charge is 0.0544 e. The quantitative estimate of drug-likeness (QED) is 0.142. The zero-order chi connectivity index (χ0) is 50.0. The van der Waals surface area contributed by atoms with Crippen molar-refractivity contribution >= 4 is 34.1 Å². The van der Waals surface area contributed by atoms with E-state index in [-0.39, 0.29) is 10.8 Å². The lowest BCUT2D eigenvalue weighted by molar-refractivity contribution is 0.598. The van der Waals surface area contributed by atoms with Crippen molar-refractivity contribution in [3.05, 3.63) is 289 Å². The van der Waals surface area contributed by atoms with Crippen molar-refractivity contribution in [2.75, 3.05) is 9.80 Å². The maximum Gasteiger partial charge on any atom is 0.0544 e. The molecule has 0 N–H and O–H groups in total. The fourth-order valence-corrected chi connectivity index (χ4v) is 11.7. The predicted molar refractivity (Wildman–Crippen MR) is 313 cm³/mol. The number of nitrogens with zero attached hydrogens (tertiary/aromatic N) is 2. The van der Waals surface area contributed by atoms with Crippen LogP contribution in [0.25, 0.3) is 66.8 Å². The third-order valence-corrected chi connectivity index (χ3v) is 15.9. The van der Waals surface area contributed by atoms with Gasteiger partial charge in [0.1, 0.15) is 0 Å². The summed E-state index contributed by atoms with van der Waals surface area (Å²) >= 11 is 0. The van der Waals surface area contributed by atoms with Gasteiger partial charge in [-0.05, 0) is 162 Å². The van der Waals surface area contributed by atoms with E-state index in [0.29, 0.717) is 0 Å². The Hall–Kier alpha value is -8.98. The SMILES string of the molecule is CC1(C)c2cc(-c3ccccc3)ccc2N2c3ccc(-c4ccccc4)cc3C(C)(C)c3cc(-c4ccc(-c5ccc(N(c6ccc(-c7ccccc7)cc6)c6ccc(-c7ccccc7)cc6)cc5)cc4)cc1c32. The molecule has 0 spiro atoms. The zero-order valence-corrected chi connectivity index (χ0v) is 42.3. The summed E-state index contributed by atoms with van der Waals surface area (Å²) < 4.78 is 0. The van der Waals surface area contributed by atoms with Crippen LogP contribution in [0.4, 0.5) is 34.1 Å². The molecule has 13 rings (SSSR count). The topological polar surface area (TPSA) is 6.48 Å². The Morgan fingerprint density at radius 1 is 0.243 bits per heavy atom. The molecule has 2 aliphatic rings. The first-order valence-electron chi connectivity index (χ1n) is 25.9. The highest BCUT2D eigenvalue weighted by molar-refractivity contribution is 5.96. The molecule has 2 heterocycles. The fourth-order valence-electron chi connectivity index (χ4n) is 11.7. The van der Waals surface area contributed by atoms with Gasteiger partial charge < -0.3 is 9.80 Å². The second-order valence-corrected chi connectivity index (χ2v) is 21.0. The van der Waals surface area contributed by atoms with Gasteiger partial charge in [-0.15, -0.1) is 0 Å². The summed E-state index contributed by atoms with van der Waals surface area (Å²) in [5, 5.41) is 0. The van der Waals surface area contributed by atoms with Gasteiger partial charge in [-0.3, -0.25) is 0 Å². The molecule has 11 aromatic carbocycles. The van der Waals surface area contributed by atoms with Gasteiger partial charge >= 0.3 is 0 Å². The average Bonchev–Trinajstić information content (AvgIpc) is 3.47. The van der Waals surface area contributed by atoms with Gasteiger partial charge in [0.15, 0.2) is 0 Å². The highest BCUT2D eigenvalue weighted by Gasteiger charge is 2.46. The van der Waals surface area contributed by atoms with Crippen LogP contribution in [0.2, 0.25) is 0 Å². The van der Waals surface area contributed by atoms with E-state index < -0.39 is 0 Å². The average molecular weight is 949 g/mol. The van der Waals surface area contributed by atoms with Gasteiger partial charge in [0.05, 0.1) is 17.1 Å². The van der Waals surface area contributed by atoms with Crippen molar-refractivity contribution in [2.24, 2.45) is 0 Å². The molecule has 2 nitrogen and oxygen atoms in total. The summed E-state index contributed by atoms with van der Waals surface area (Å²) in [7, 11) is 0. The van der Waals surface area contributed by atoms with E-state index in [1.165, 1.54) is 106 Å². The van der Waals surface area contributed by atoms with E-state index in [1.807, 2.05) is 0 Å². The molecule has 74 heavy (non-hydrogen) atoms. The number of hydrogen-bond donors (Lipinski definition) is 0. The predicted octanol–water partition coefficient (Wildman–Crippen LogP) is 19.9. The third kappa shape index (κ3) is 7.74. The fraction of sp³-hybridized carbons (Fsp3) is 0.0833. The van der Waals surface area contributed by atoms with Crippen LogP contribution in [-0.4, -0.2) is 0 Å². The highest BCUT2D eigenvalue weighted by atomic mass is 15.2. The van der Waals surface area contributed by atoms with Crippen LogP contribution in [0.15, 0.2) is 267 Å². The van der Waals surface area contributed by atoms with Crippen molar-refractivity contribution in [2.45, 2.75) is 38.5 Å². The van der Waals surface area contributed by atoms with E-state index in [9.17, 15) is 0 Å². The molecule has 11 aromatic rings. The van der Waals surface area contributed by atoms with E-state index >= 15 is 0 Å². The van der Waals surface area contributed by atoms with E-state index in [2.05, 4.69) is 304 Å². The van der Waals surface area contributed by atoms with Gasteiger partial charge in [0, 0.05) is 27.9 Å². The van der Waals surface area contributed by atoms with Crippen LogP contribution in [-0.2, 0) is 10.8 Å². The van der Waals surface area contributed by atoms with Gasteiger partial charge in [-0.2, -0.15) is 0 Å². The summed E-state index contributed by atoms with van der Waals surface area (Å²) in [5.41, 5.74) is 26.5. The maximum absolute atomic E-state index is 2.58. The summed E-state index contributed by atoms with van der Waals surface area (Å²) in [5.74, 6) is 0. The van der Waals surface area contributed by atoms with Gasteiger partial charge in [0.25, 0.3) is 0 Å². The van der Waals surface area contributed by atoms with Crippen LogP contribution < -0.4 is 9.80 Å². The Bertz CT molecular complexity index is 3610. The van der Waals surface area contributed by atoms with E-state index in [0.717, 1.165) is 17.1 Å². The lowest BCUT2D eigenvalue weighted by atomic mass is 9.65. The van der Waals surface area contributed by atoms with E-state index in [1.54, 1.807) is 0 Å². The van der Waals surface area contributed by atoms with Crippen molar-refractivity contribution in [1.82, 2.24) is 0 Å². The molecule has 0 fully saturated rings. The minimum Gasteiger partial charge on any atom is -0.311 e. The first-order valence-corrected chi connectivity index (χ1v) is 25.9. The standard InChI is InChI=1S/C72H56N2/c1-71(2)64-45-58(51-21-13-7-14-22-51)35-43-68(64)74-69-44-36-59(52-23-15-8-16-24-52)46-65(69)72(3,4)67-48-60(47-66(71)70(67)74)57-27-25-53(26-28-57)56-33-41-63(42-34-56)73(61-37-29-54(30-38-61)49-17-9-5-10-18-49)62-39-31-55(32-40-62)50-19-11-6-12-20-50/h5-48H,1-4H3. The maximum atomic E-state index is 2.58.